The van der Waals surface area contributed by atoms with Gasteiger partial charge in [0.15, 0.2) is 0 Å². The van der Waals surface area contributed by atoms with Gasteiger partial charge in [0.05, 0.1) is 11.4 Å². The summed E-state index contributed by atoms with van der Waals surface area (Å²) in [5, 5.41) is 12.5. The third kappa shape index (κ3) is 5.11. The van der Waals surface area contributed by atoms with Gasteiger partial charge >= 0.3 is 0 Å². The molecule has 3 heterocycles. The fraction of sp³-hybridized carbons (Fsp3) is 0.156. The van der Waals surface area contributed by atoms with Gasteiger partial charge < -0.3 is 10.1 Å². The number of rotatable bonds is 7. The molecule has 210 valence electrons. The van der Waals surface area contributed by atoms with Crippen molar-refractivity contribution in [1.82, 2.24) is 18.7 Å². The number of nitrogens with zero attached hydrogens (tertiary/aromatic N) is 5. The molecule has 0 aliphatic heterocycles. The van der Waals surface area contributed by atoms with Gasteiger partial charge in [0.1, 0.15) is 34.3 Å². The summed E-state index contributed by atoms with van der Waals surface area (Å²) in [5.41, 5.74) is 1.87. The molecule has 1 N–H and O–H groups in total. The largest absolute Gasteiger partial charge is 0.438 e. The summed E-state index contributed by atoms with van der Waals surface area (Å²) in [4.78, 5) is 44.9. The van der Waals surface area contributed by atoms with Crippen molar-refractivity contribution in [3.05, 3.63) is 122 Å². The third-order valence-electron chi connectivity index (χ3n) is 7.04. The lowest BCUT2D eigenvalue weighted by Gasteiger charge is -2.12. The van der Waals surface area contributed by atoms with Crippen molar-refractivity contribution in [2.75, 3.05) is 5.32 Å². The predicted molar refractivity (Wildman–Crippen MR) is 160 cm³/mol. The Balaban J connectivity index is 1.58. The van der Waals surface area contributed by atoms with E-state index < -0.39 is 22.6 Å². The Morgan fingerprint density at radius 1 is 1.02 bits per heavy atom. The maximum atomic E-state index is 13.6. The van der Waals surface area contributed by atoms with Crippen LogP contribution in [0.2, 0.25) is 0 Å². The van der Waals surface area contributed by atoms with E-state index in [1.807, 2.05) is 44.2 Å². The van der Waals surface area contributed by atoms with Gasteiger partial charge in [-0.3, -0.25) is 23.5 Å². The highest BCUT2D eigenvalue weighted by Crippen LogP contribution is 2.25. The van der Waals surface area contributed by atoms with Crippen molar-refractivity contribution in [2.45, 2.75) is 27.2 Å². The number of aryl methyl sites for hydroxylation is 2. The number of hydrogen-bond acceptors (Lipinski definition) is 6. The summed E-state index contributed by atoms with van der Waals surface area (Å²) in [6.45, 7) is 5.54. The summed E-state index contributed by atoms with van der Waals surface area (Å²) in [6, 6.07) is 21.7. The lowest BCUT2D eigenvalue weighted by molar-refractivity contribution is -0.112. The van der Waals surface area contributed by atoms with E-state index >= 15 is 0 Å². The summed E-state index contributed by atoms with van der Waals surface area (Å²) < 4.78 is 10.4. The molecule has 0 bridgehead atoms. The lowest BCUT2D eigenvalue weighted by atomic mass is 10.1. The molecule has 3 aromatic heterocycles. The maximum absolute atomic E-state index is 13.6. The fourth-order valence-corrected chi connectivity index (χ4v) is 4.58. The first-order chi connectivity index (χ1) is 20.2. The van der Waals surface area contributed by atoms with Gasteiger partial charge in [0.2, 0.25) is 5.88 Å². The quantitative estimate of drug-likeness (QED) is 0.227. The average molecular weight is 561 g/mol. The predicted octanol–water partition coefficient (Wildman–Crippen LogP) is 4.70. The number of anilines is 1. The van der Waals surface area contributed by atoms with E-state index in [0.717, 1.165) is 23.6 Å². The maximum Gasteiger partial charge on any atom is 0.295 e. The van der Waals surface area contributed by atoms with Crippen LogP contribution in [0.25, 0.3) is 17.4 Å². The Labute approximate surface area is 241 Å². The van der Waals surface area contributed by atoms with Crippen LogP contribution in [0.1, 0.15) is 29.3 Å². The van der Waals surface area contributed by atoms with Crippen molar-refractivity contribution >= 4 is 23.3 Å². The number of nitrogens with one attached hydrogen (secondary N) is 1. The zero-order valence-corrected chi connectivity index (χ0v) is 23.6. The standard InChI is InChI=1S/C32H28N6O4/c1-5-22-13-15-25(16-14-22)42-30-26(31(40)37-17-9-10-20(2)28(37)35-30)18-23(19-33)29(39)34-27-21(3)36(4)38(32(27)41)24-11-7-6-8-12-24/h6-18H,5H2,1-4H3,(H,34,39)/b23-18+. The minimum Gasteiger partial charge on any atom is -0.438 e. The number of aromatic nitrogens is 4. The second-order valence-corrected chi connectivity index (χ2v) is 9.68. The first-order valence-corrected chi connectivity index (χ1v) is 13.3. The minimum absolute atomic E-state index is 0.0176. The molecule has 0 saturated carbocycles. The monoisotopic (exact) mass is 560 g/mol. The van der Waals surface area contributed by atoms with Gasteiger partial charge in [-0.15, -0.1) is 0 Å². The van der Waals surface area contributed by atoms with Crippen LogP contribution in [-0.2, 0) is 18.3 Å². The molecule has 0 atom stereocenters. The Kier molecular flexibility index (Phi) is 7.58. The van der Waals surface area contributed by atoms with Crippen LogP contribution in [0.15, 0.2) is 88.1 Å². The van der Waals surface area contributed by atoms with E-state index in [-0.39, 0.29) is 17.1 Å². The molecule has 2 aromatic carbocycles. The Hall–Kier alpha value is -5.69. The Morgan fingerprint density at radius 3 is 2.40 bits per heavy atom. The number of amides is 1. The van der Waals surface area contributed by atoms with Crippen molar-refractivity contribution in [3.63, 3.8) is 0 Å². The van der Waals surface area contributed by atoms with Crippen LogP contribution in [0.3, 0.4) is 0 Å². The van der Waals surface area contributed by atoms with E-state index in [1.165, 1.54) is 9.08 Å². The van der Waals surface area contributed by atoms with Crippen molar-refractivity contribution in [3.8, 4) is 23.4 Å². The van der Waals surface area contributed by atoms with Crippen LogP contribution in [0, 0.1) is 25.2 Å². The summed E-state index contributed by atoms with van der Waals surface area (Å²) >= 11 is 0. The van der Waals surface area contributed by atoms with Crippen LogP contribution < -0.4 is 21.2 Å². The number of carbonyl (C=O) groups excluding carboxylic acids is 1. The van der Waals surface area contributed by atoms with Gasteiger partial charge in [-0.05, 0) is 67.8 Å². The highest BCUT2D eigenvalue weighted by atomic mass is 16.5. The van der Waals surface area contributed by atoms with Crippen molar-refractivity contribution in [2.24, 2.45) is 7.05 Å². The van der Waals surface area contributed by atoms with Crippen molar-refractivity contribution < 1.29 is 9.53 Å². The zero-order chi connectivity index (χ0) is 30.0. The number of para-hydroxylation sites is 1. The third-order valence-corrected chi connectivity index (χ3v) is 7.04. The van der Waals surface area contributed by atoms with E-state index in [0.29, 0.717) is 22.8 Å². The molecule has 1 amide bonds. The second-order valence-electron chi connectivity index (χ2n) is 9.68. The molecule has 10 heteroatoms. The van der Waals surface area contributed by atoms with E-state index in [1.54, 1.807) is 67.3 Å². The zero-order valence-electron chi connectivity index (χ0n) is 23.6. The number of benzene rings is 2. The highest BCUT2D eigenvalue weighted by Gasteiger charge is 2.22. The molecule has 42 heavy (non-hydrogen) atoms. The number of ether oxygens (including phenoxy) is 1. The number of fused-ring (bicyclic) bond motifs is 1. The fourth-order valence-electron chi connectivity index (χ4n) is 4.58. The molecular formula is C32H28N6O4. The average Bonchev–Trinajstić information content (AvgIpc) is 3.21. The minimum atomic E-state index is -0.851. The van der Waals surface area contributed by atoms with Gasteiger partial charge in [-0.1, -0.05) is 43.3 Å². The van der Waals surface area contributed by atoms with Gasteiger partial charge in [-0.25, -0.2) is 4.68 Å². The van der Waals surface area contributed by atoms with Crippen LogP contribution in [0.5, 0.6) is 11.6 Å². The molecule has 0 aliphatic carbocycles. The van der Waals surface area contributed by atoms with E-state index in [4.69, 9.17) is 4.74 Å². The van der Waals surface area contributed by atoms with Crippen molar-refractivity contribution in [1.29, 1.82) is 5.26 Å². The number of pyridine rings is 1. The second kappa shape index (κ2) is 11.4. The molecule has 0 fully saturated rings. The number of hydrogen-bond donors (Lipinski definition) is 1. The lowest BCUT2D eigenvalue weighted by Crippen LogP contribution is -2.24. The molecule has 0 radical (unpaired) electrons. The molecule has 0 unspecified atom stereocenters. The molecular weight excluding hydrogens is 532 g/mol. The smallest absolute Gasteiger partial charge is 0.295 e. The molecule has 0 saturated heterocycles. The number of nitriles is 1. The molecule has 5 rings (SSSR count). The van der Waals surface area contributed by atoms with Gasteiger partial charge in [0.25, 0.3) is 17.0 Å². The first-order valence-electron chi connectivity index (χ1n) is 13.3. The summed E-state index contributed by atoms with van der Waals surface area (Å²) in [6.07, 6.45) is 3.55. The SMILES string of the molecule is CCc1ccc(Oc2nc3c(C)cccn3c(=O)c2/C=C(\C#N)C(=O)Nc2c(C)n(C)n(-c3ccccc3)c2=O)cc1. The van der Waals surface area contributed by atoms with Crippen LogP contribution in [-0.4, -0.2) is 24.7 Å². The Morgan fingerprint density at radius 2 is 1.74 bits per heavy atom. The topological polar surface area (TPSA) is 123 Å². The number of carbonyl (C=O) groups is 1. The first kappa shape index (κ1) is 27.9. The van der Waals surface area contributed by atoms with Crippen LogP contribution in [0.4, 0.5) is 5.69 Å². The van der Waals surface area contributed by atoms with Gasteiger partial charge in [0, 0.05) is 13.2 Å². The molecule has 0 aliphatic rings. The van der Waals surface area contributed by atoms with Crippen LogP contribution >= 0.6 is 0 Å². The molecule has 0 spiro atoms. The van der Waals surface area contributed by atoms with E-state index in [9.17, 15) is 19.6 Å². The van der Waals surface area contributed by atoms with Gasteiger partial charge in [-0.2, -0.15) is 10.2 Å². The Bertz CT molecular complexity index is 2010. The molecule has 5 aromatic rings. The summed E-state index contributed by atoms with van der Waals surface area (Å²) in [7, 11) is 1.70. The molecule has 10 nitrogen and oxygen atoms in total. The van der Waals surface area contributed by atoms with E-state index in [2.05, 4.69) is 10.3 Å². The summed E-state index contributed by atoms with van der Waals surface area (Å²) in [5.74, 6) is -0.465. The normalized spacial score (nSPS) is 11.4. The highest BCUT2D eigenvalue weighted by molar-refractivity contribution is 6.10.